The first-order valence-corrected chi connectivity index (χ1v) is 7.08. The van der Waals surface area contributed by atoms with Crippen molar-refractivity contribution >= 4 is 17.5 Å². The number of morpholine rings is 1. The van der Waals surface area contributed by atoms with E-state index < -0.39 is 37.8 Å². The van der Waals surface area contributed by atoms with Crippen molar-refractivity contribution in [2.45, 2.75) is 32.4 Å². The first kappa shape index (κ1) is 9.24. The number of aromatic nitrogens is 2. The highest BCUT2D eigenvalue weighted by Gasteiger charge is 2.21. The second kappa shape index (κ2) is 7.35. The molecule has 1 aromatic heterocycles. The third-order valence-corrected chi connectivity index (χ3v) is 2.83. The fraction of sp³-hybridized carbons (Fsp3) is 0.846. The Balaban J connectivity index is 2.14. The van der Waals surface area contributed by atoms with Crippen molar-refractivity contribution in [1.82, 2.24) is 14.1 Å². The molecule has 0 amide bonds. The van der Waals surface area contributed by atoms with Crippen molar-refractivity contribution in [3.63, 3.8) is 0 Å². The normalized spacial score (nSPS) is 29.7. The Bertz CT molecular complexity index is 680. The number of hydrogen-bond donors (Lipinski definition) is 2. The van der Waals surface area contributed by atoms with E-state index in [4.69, 9.17) is 19.1 Å². The van der Waals surface area contributed by atoms with Crippen LogP contribution < -0.4 is 15.0 Å². The Hall–Kier alpha value is -0.960. The van der Waals surface area contributed by atoms with Crippen LogP contribution in [-0.4, -0.2) is 64.8 Å². The number of anilines is 1. The molecule has 1 aliphatic rings. The minimum Gasteiger partial charge on any atom is -0.472 e. The topological polar surface area (TPSA) is 79.7 Å². The summed E-state index contributed by atoms with van der Waals surface area (Å²) in [7, 11) is 0. The van der Waals surface area contributed by atoms with E-state index in [1.54, 1.807) is 20.8 Å². The van der Waals surface area contributed by atoms with Crippen molar-refractivity contribution in [3.05, 3.63) is 0 Å². The van der Waals surface area contributed by atoms with Gasteiger partial charge in [0.05, 0.1) is 31.7 Å². The summed E-state index contributed by atoms with van der Waals surface area (Å²) in [5.41, 5.74) is -0.711. The van der Waals surface area contributed by atoms with E-state index in [2.05, 4.69) is 14.1 Å². The van der Waals surface area contributed by atoms with Crippen molar-refractivity contribution in [3.8, 4) is 5.88 Å². The van der Waals surface area contributed by atoms with Crippen LogP contribution in [0.1, 0.15) is 30.4 Å². The van der Waals surface area contributed by atoms with E-state index in [1.165, 1.54) is 4.90 Å². The fourth-order valence-corrected chi connectivity index (χ4v) is 1.89. The summed E-state index contributed by atoms with van der Waals surface area (Å²) in [4.78, 5) is 1.26. The number of rotatable bonds is 6. The molecule has 8 heteroatoms. The highest BCUT2D eigenvalue weighted by atomic mass is 32.1. The first-order valence-electron chi connectivity index (χ1n) is 9.85. The summed E-state index contributed by atoms with van der Waals surface area (Å²) in [5, 5.41) is 12.8. The van der Waals surface area contributed by atoms with Crippen LogP contribution in [-0.2, 0) is 4.74 Å². The molecule has 0 unspecified atom stereocenters. The third kappa shape index (κ3) is 5.39. The largest absolute Gasteiger partial charge is 0.472 e. The molecular weight excluding hydrogens is 292 g/mol. The van der Waals surface area contributed by atoms with Crippen molar-refractivity contribution in [2.24, 2.45) is 0 Å². The van der Waals surface area contributed by atoms with Gasteiger partial charge in [-0.3, -0.25) is 0 Å². The number of hydrogen-bond acceptors (Lipinski definition) is 8. The molecule has 0 bridgehead atoms. The number of nitrogens with zero attached hydrogens (tertiary/aromatic N) is 3. The number of ether oxygens (including phenoxy) is 2. The first-order chi connectivity index (χ1) is 12.4. The van der Waals surface area contributed by atoms with E-state index in [9.17, 15) is 5.11 Å². The lowest BCUT2D eigenvalue weighted by Gasteiger charge is -2.27. The summed E-state index contributed by atoms with van der Waals surface area (Å²) in [6.45, 7) is -3.44. The van der Waals surface area contributed by atoms with Gasteiger partial charge in [0.15, 0.2) is 0 Å². The molecule has 0 radical (unpaired) electrons. The van der Waals surface area contributed by atoms with Crippen LogP contribution in [0.5, 0.6) is 5.88 Å². The average molecular weight is 323 g/mol. The quantitative estimate of drug-likeness (QED) is 0.789. The maximum absolute atomic E-state index is 10.3. The van der Waals surface area contributed by atoms with E-state index >= 15 is 0 Å². The monoisotopic (exact) mass is 323 g/mol. The van der Waals surface area contributed by atoms with Crippen LogP contribution in [0.2, 0.25) is 0 Å². The minimum atomic E-state index is -2.67. The molecule has 0 aromatic carbocycles. The molecule has 7 nitrogen and oxygen atoms in total. The zero-order valence-electron chi connectivity index (χ0n) is 19.1. The molecule has 2 rings (SSSR count). The van der Waals surface area contributed by atoms with Gasteiger partial charge in [0.1, 0.15) is 12.7 Å². The molecule has 0 saturated carbocycles. The smallest absolute Gasteiger partial charge is 0.270 e. The standard InChI is InChI=1S/C13H24N4O3S/c1-13(2,3)14-8-10(18)9-20-12-11(15-21-16-12)17-4-6-19-7-5-17/h10,14,18H,4-9H2,1-3H3/t10-/m0/s1/i6D2,7D2,8D2,10D. The second-order valence-corrected chi connectivity index (χ2v) is 5.90. The summed E-state index contributed by atoms with van der Waals surface area (Å²) >= 11 is 0.724. The van der Waals surface area contributed by atoms with Gasteiger partial charge in [-0.2, -0.15) is 4.37 Å². The Labute approximate surface area is 139 Å². The molecule has 1 aromatic rings. The van der Waals surface area contributed by atoms with Crippen LogP contribution in [0, 0.1) is 0 Å². The third-order valence-electron chi connectivity index (χ3n) is 2.32. The van der Waals surface area contributed by atoms with Gasteiger partial charge in [0.2, 0.25) is 5.82 Å². The lowest BCUT2D eigenvalue weighted by Crippen LogP contribution is -2.42. The Morgan fingerprint density at radius 1 is 1.57 bits per heavy atom. The number of β-amino-alcohol motifs (C(OH)–C–C–N with tert-alkyl or cyclic N) is 1. The fourth-order valence-electron chi connectivity index (χ4n) is 1.37. The maximum Gasteiger partial charge on any atom is 0.270 e. The number of nitrogens with one attached hydrogen (secondary N) is 1. The second-order valence-electron chi connectivity index (χ2n) is 5.38. The highest BCUT2D eigenvalue weighted by Crippen LogP contribution is 2.26. The van der Waals surface area contributed by atoms with Crippen LogP contribution in [0.3, 0.4) is 0 Å². The summed E-state index contributed by atoms with van der Waals surface area (Å²) in [6, 6.07) is 0. The molecule has 1 atom stereocenters. The van der Waals surface area contributed by atoms with E-state index in [0.717, 1.165) is 11.7 Å². The van der Waals surface area contributed by atoms with Gasteiger partial charge in [0, 0.05) is 27.9 Å². The zero-order valence-corrected chi connectivity index (χ0v) is 13.0. The molecule has 0 aliphatic carbocycles. The SMILES string of the molecule is [2H]C1([2H])CN(c2nsnc2OC[C@@]([2H])(O)C([2H])([2H])NC(C)(C)C)CC([2H])([2H])O1. The van der Waals surface area contributed by atoms with Gasteiger partial charge in [-0.1, -0.05) is 0 Å². The van der Waals surface area contributed by atoms with Crippen LogP contribution in [0.25, 0.3) is 0 Å². The van der Waals surface area contributed by atoms with Gasteiger partial charge in [-0.25, -0.2) is 0 Å². The lowest BCUT2D eigenvalue weighted by molar-refractivity contribution is 0.0975. The lowest BCUT2D eigenvalue weighted by atomic mass is 10.1. The van der Waals surface area contributed by atoms with Gasteiger partial charge in [-0.05, 0) is 20.8 Å². The summed E-state index contributed by atoms with van der Waals surface area (Å²) in [5.74, 6) is -0.128. The maximum atomic E-state index is 10.3. The molecule has 21 heavy (non-hydrogen) atoms. The van der Waals surface area contributed by atoms with E-state index in [0.29, 0.717) is 0 Å². The van der Waals surface area contributed by atoms with Crippen molar-refractivity contribution in [1.29, 1.82) is 0 Å². The number of aliphatic hydroxyl groups is 1. The Morgan fingerprint density at radius 2 is 2.29 bits per heavy atom. The molecule has 120 valence electrons. The van der Waals surface area contributed by atoms with Crippen molar-refractivity contribution in [2.75, 3.05) is 44.2 Å². The van der Waals surface area contributed by atoms with Crippen LogP contribution in [0.15, 0.2) is 0 Å². The van der Waals surface area contributed by atoms with Gasteiger partial charge < -0.3 is 24.8 Å². The van der Waals surface area contributed by atoms with Gasteiger partial charge >= 0.3 is 0 Å². The van der Waals surface area contributed by atoms with Gasteiger partial charge in [-0.15, -0.1) is 4.37 Å². The molecule has 1 fully saturated rings. The van der Waals surface area contributed by atoms with Crippen molar-refractivity contribution < 1.29 is 24.2 Å². The van der Waals surface area contributed by atoms with Gasteiger partial charge in [0.25, 0.3) is 5.88 Å². The molecule has 1 saturated heterocycles. The zero-order chi connectivity index (χ0) is 21.6. The molecule has 1 aliphatic heterocycles. The average Bonchev–Trinajstić information content (AvgIpc) is 2.87. The summed E-state index contributed by atoms with van der Waals surface area (Å²) < 4.78 is 72.6. The van der Waals surface area contributed by atoms with E-state index in [1.807, 2.05) is 0 Å². The predicted molar refractivity (Wildman–Crippen MR) is 82.2 cm³/mol. The minimum absolute atomic E-state index is 0.0289. The Kier molecular flexibility index (Phi) is 3.23. The van der Waals surface area contributed by atoms with Crippen LogP contribution >= 0.6 is 11.7 Å². The van der Waals surface area contributed by atoms with Crippen LogP contribution in [0.4, 0.5) is 5.82 Å². The predicted octanol–water partition coefficient (Wildman–Crippen LogP) is 0.502. The highest BCUT2D eigenvalue weighted by molar-refractivity contribution is 6.99. The molecule has 2 heterocycles. The molecular formula is C13H24N4O3S. The summed E-state index contributed by atoms with van der Waals surface area (Å²) in [6.07, 6.45) is -2.67. The molecule has 2 N–H and O–H groups in total. The molecule has 0 spiro atoms. The Morgan fingerprint density at radius 3 is 2.95 bits per heavy atom. The van der Waals surface area contributed by atoms with E-state index in [-0.39, 0.29) is 24.8 Å².